The van der Waals surface area contributed by atoms with Gasteiger partial charge in [0.05, 0.1) is 6.61 Å². The number of rotatable bonds is 7. The van der Waals surface area contributed by atoms with E-state index in [-0.39, 0.29) is 0 Å². The minimum atomic E-state index is -1.42. The van der Waals surface area contributed by atoms with E-state index in [1.807, 2.05) is 30.3 Å². The van der Waals surface area contributed by atoms with Crippen molar-refractivity contribution in [2.45, 2.75) is 70.1 Å². The molecule has 1 aliphatic rings. The standard InChI is InChI=1S/C27H33ClO5/c1-3-5-17(4-2)6-7-18-8-10-19(11-9-18)14-21-15-20(12-13-22(21)28)27-26(32)25(31)24(30)23(16-29)33-27/h8-13,15,17,23-27,29-32H,3-5,14,16H2,1-2H3/t17-,23+,24+,25-,26?,27-/m0/s1. The monoisotopic (exact) mass is 472 g/mol. The zero-order valence-electron chi connectivity index (χ0n) is 19.1. The highest BCUT2D eigenvalue weighted by atomic mass is 35.5. The molecule has 0 spiro atoms. The maximum absolute atomic E-state index is 10.4. The molecule has 1 saturated heterocycles. The second-order valence-electron chi connectivity index (χ2n) is 8.64. The van der Waals surface area contributed by atoms with Crippen molar-refractivity contribution in [3.8, 4) is 11.8 Å². The lowest BCUT2D eigenvalue weighted by atomic mass is 9.90. The average molecular weight is 473 g/mol. The summed E-state index contributed by atoms with van der Waals surface area (Å²) in [4.78, 5) is 0. The molecule has 1 aliphatic heterocycles. The van der Waals surface area contributed by atoms with Gasteiger partial charge < -0.3 is 25.2 Å². The topological polar surface area (TPSA) is 90.2 Å². The zero-order valence-corrected chi connectivity index (χ0v) is 19.9. The smallest absolute Gasteiger partial charge is 0.113 e. The van der Waals surface area contributed by atoms with Crippen molar-refractivity contribution in [3.63, 3.8) is 0 Å². The summed E-state index contributed by atoms with van der Waals surface area (Å²) in [6, 6.07) is 13.4. The molecule has 5 nitrogen and oxygen atoms in total. The molecule has 33 heavy (non-hydrogen) atoms. The summed E-state index contributed by atoms with van der Waals surface area (Å²) in [6.45, 7) is 3.88. The van der Waals surface area contributed by atoms with Gasteiger partial charge in [-0.2, -0.15) is 0 Å². The Kier molecular flexibility index (Phi) is 9.34. The van der Waals surface area contributed by atoms with Crippen LogP contribution in [0.1, 0.15) is 61.5 Å². The third kappa shape index (κ3) is 6.36. The summed E-state index contributed by atoms with van der Waals surface area (Å²) in [6.07, 6.45) is -2.08. The van der Waals surface area contributed by atoms with Gasteiger partial charge in [-0.3, -0.25) is 0 Å². The molecule has 0 saturated carbocycles. The summed E-state index contributed by atoms with van der Waals surface area (Å²) >= 11 is 6.44. The van der Waals surface area contributed by atoms with E-state index in [0.717, 1.165) is 36.0 Å². The normalized spacial score (nSPS) is 25.8. The Hall–Kier alpha value is -1.91. The molecule has 1 heterocycles. The van der Waals surface area contributed by atoms with E-state index in [4.69, 9.17) is 16.3 Å². The van der Waals surface area contributed by atoms with Gasteiger partial charge in [-0.1, -0.05) is 68.0 Å². The number of hydrogen-bond donors (Lipinski definition) is 4. The molecule has 1 unspecified atom stereocenters. The zero-order chi connectivity index (χ0) is 24.0. The highest BCUT2D eigenvalue weighted by Gasteiger charge is 2.44. The lowest BCUT2D eigenvalue weighted by molar-refractivity contribution is -0.231. The first kappa shape index (κ1) is 25.7. The Balaban J connectivity index is 1.76. The summed E-state index contributed by atoms with van der Waals surface area (Å²) in [5, 5.41) is 40.6. The van der Waals surface area contributed by atoms with Gasteiger partial charge in [0.2, 0.25) is 0 Å². The van der Waals surface area contributed by atoms with Crippen LogP contribution in [0.5, 0.6) is 0 Å². The van der Waals surface area contributed by atoms with Crippen molar-refractivity contribution in [3.05, 3.63) is 69.7 Å². The fourth-order valence-corrected chi connectivity index (χ4v) is 4.31. The number of benzene rings is 2. The molecule has 6 heteroatoms. The van der Waals surface area contributed by atoms with Crippen molar-refractivity contribution in [2.75, 3.05) is 6.61 Å². The molecule has 0 radical (unpaired) electrons. The summed E-state index contributed by atoms with van der Waals surface area (Å²) < 4.78 is 5.68. The van der Waals surface area contributed by atoms with Crippen molar-refractivity contribution in [2.24, 2.45) is 5.92 Å². The lowest BCUT2D eigenvalue weighted by Gasteiger charge is -2.40. The molecule has 0 amide bonds. The van der Waals surface area contributed by atoms with Crippen LogP contribution >= 0.6 is 11.6 Å². The fourth-order valence-electron chi connectivity index (χ4n) is 4.12. The van der Waals surface area contributed by atoms with Crippen molar-refractivity contribution in [1.82, 2.24) is 0 Å². The first-order valence-corrected chi connectivity index (χ1v) is 11.9. The number of halogens is 1. The fraction of sp³-hybridized carbons (Fsp3) is 0.481. The molecule has 0 aromatic heterocycles. The molecular weight excluding hydrogens is 440 g/mol. The first-order chi connectivity index (χ1) is 15.9. The summed E-state index contributed by atoms with van der Waals surface area (Å²) in [5.41, 5.74) is 3.51. The molecule has 3 rings (SSSR count). The quantitative estimate of drug-likeness (QED) is 0.462. The molecule has 1 fully saturated rings. The molecule has 178 valence electrons. The average Bonchev–Trinajstić information content (AvgIpc) is 2.83. The number of aliphatic hydroxyl groups is 4. The van der Waals surface area contributed by atoms with Crippen molar-refractivity contribution < 1.29 is 25.2 Å². The maximum Gasteiger partial charge on any atom is 0.113 e. The molecule has 4 N–H and O–H groups in total. The van der Waals surface area contributed by atoms with E-state index < -0.39 is 37.1 Å². The van der Waals surface area contributed by atoms with E-state index in [2.05, 4.69) is 25.7 Å². The Bertz CT molecular complexity index is 963. The molecule has 2 aromatic rings. The second-order valence-corrected chi connectivity index (χ2v) is 9.04. The first-order valence-electron chi connectivity index (χ1n) is 11.6. The largest absolute Gasteiger partial charge is 0.394 e. The summed E-state index contributed by atoms with van der Waals surface area (Å²) in [7, 11) is 0. The van der Waals surface area contributed by atoms with Crippen molar-refractivity contribution in [1.29, 1.82) is 0 Å². The van der Waals surface area contributed by atoms with Crippen LogP contribution in [0, 0.1) is 17.8 Å². The summed E-state index contributed by atoms with van der Waals surface area (Å²) in [5.74, 6) is 7.06. The van der Waals surface area contributed by atoms with Crippen LogP contribution in [-0.4, -0.2) is 51.4 Å². The van der Waals surface area contributed by atoms with Gasteiger partial charge in [0.15, 0.2) is 0 Å². The van der Waals surface area contributed by atoms with Gasteiger partial charge in [0.1, 0.15) is 30.5 Å². The van der Waals surface area contributed by atoms with Crippen molar-refractivity contribution >= 4 is 11.6 Å². The predicted octanol–water partition coefficient (Wildman–Crippen LogP) is 3.62. The van der Waals surface area contributed by atoms with E-state index in [1.165, 1.54) is 0 Å². The SMILES string of the molecule is CCC[C@@H](C#Cc1ccc(Cc2cc([C@@H]3O[C@H](CO)[C@@H](O)[C@H](O)C3O)ccc2Cl)cc1)CC. The molecule has 6 atom stereocenters. The molecular formula is C27H33ClO5. The van der Waals surface area contributed by atoms with Gasteiger partial charge in [-0.15, -0.1) is 0 Å². The molecule has 0 aliphatic carbocycles. The number of hydrogen-bond acceptors (Lipinski definition) is 5. The van der Waals surface area contributed by atoms with Gasteiger partial charge in [-0.25, -0.2) is 0 Å². The molecule has 2 aromatic carbocycles. The third-order valence-corrected chi connectivity index (χ3v) is 6.56. The Labute approximate surface area is 201 Å². The second kappa shape index (κ2) is 12.0. The van der Waals surface area contributed by atoms with Crippen LogP contribution in [0.4, 0.5) is 0 Å². The van der Waals surface area contributed by atoms with Crippen LogP contribution < -0.4 is 0 Å². The Morgan fingerprint density at radius 1 is 1.00 bits per heavy atom. The minimum Gasteiger partial charge on any atom is -0.394 e. The van der Waals surface area contributed by atoms with Crippen LogP contribution in [0.2, 0.25) is 5.02 Å². The highest BCUT2D eigenvalue weighted by molar-refractivity contribution is 6.31. The van der Waals surface area contributed by atoms with E-state index in [1.54, 1.807) is 12.1 Å². The van der Waals surface area contributed by atoms with Crippen LogP contribution in [0.3, 0.4) is 0 Å². The van der Waals surface area contributed by atoms with Gasteiger partial charge in [-0.05, 0) is 54.2 Å². The minimum absolute atomic E-state index is 0.429. The van der Waals surface area contributed by atoms with E-state index in [0.29, 0.717) is 22.9 Å². The van der Waals surface area contributed by atoms with Crippen LogP contribution in [0.15, 0.2) is 42.5 Å². The van der Waals surface area contributed by atoms with E-state index in [9.17, 15) is 20.4 Å². The third-order valence-electron chi connectivity index (χ3n) is 6.19. The Morgan fingerprint density at radius 3 is 2.36 bits per heavy atom. The van der Waals surface area contributed by atoms with Crippen LogP contribution in [0.25, 0.3) is 0 Å². The lowest BCUT2D eigenvalue weighted by Crippen LogP contribution is -2.55. The number of ether oxygens (including phenoxy) is 1. The van der Waals surface area contributed by atoms with Gasteiger partial charge >= 0.3 is 0 Å². The number of aliphatic hydroxyl groups excluding tert-OH is 4. The van der Waals surface area contributed by atoms with Gasteiger partial charge in [0.25, 0.3) is 0 Å². The van der Waals surface area contributed by atoms with E-state index >= 15 is 0 Å². The van der Waals surface area contributed by atoms with Crippen LogP contribution in [-0.2, 0) is 11.2 Å². The molecule has 0 bridgehead atoms. The highest BCUT2D eigenvalue weighted by Crippen LogP contribution is 2.34. The maximum atomic E-state index is 10.4. The Morgan fingerprint density at radius 2 is 1.73 bits per heavy atom. The predicted molar refractivity (Wildman–Crippen MR) is 129 cm³/mol. The van der Waals surface area contributed by atoms with Gasteiger partial charge in [0, 0.05) is 16.5 Å².